The SMILES string of the molecule is C[C@H](N)C(=O)N1CCc2cc(Cl)cc(Cl)c2C1.Cl. The van der Waals surface area contributed by atoms with Crippen LogP contribution < -0.4 is 5.73 Å². The van der Waals surface area contributed by atoms with E-state index in [1.54, 1.807) is 17.9 Å². The second-order valence-corrected chi connectivity index (χ2v) is 5.17. The predicted molar refractivity (Wildman–Crippen MR) is 76.5 cm³/mol. The highest BCUT2D eigenvalue weighted by molar-refractivity contribution is 6.35. The molecule has 1 heterocycles. The summed E-state index contributed by atoms with van der Waals surface area (Å²) in [4.78, 5) is 13.6. The number of hydrogen-bond donors (Lipinski definition) is 1. The Kier molecular flexibility index (Phi) is 5.29. The van der Waals surface area contributed by atoms with Crippen LogP contribution in [-0.4, -0.2) is 23.4 Å². The van der Waals surface area contributed by atoms with Gasteiger partial charge >= 0.3 is 0 Å². The van der Waals surface area contributed by atoms with E-state index >= 15 is 0 Å². The van der Waals surface area contributed by atoms with Crippen molar-refractivity contribution >= 4 is 41.5 Å². The molecule has 1 aliphatic rings. The minimum atomic E-state index is -0.470. The first kappa shape index (κ1) is 15.6. The van der Waals surface area contributed by atoms with Crippen LogP contribution in [0.5, 0.6) is 0 Å². The van der Waals surface area contributed by atoms with E-state index in [0.717, 1.165) is 17.5 Å². The van der Waals surface area contributed by atoms with Gasteiger partial charge in [-0.3, -0.25) is 4.79 Å². The Morgan fingerprint density at radius 3 is 2.72 bits per heavy atom. The quantitative estimate of drug-likeness (QED) is 0.867. The molecule has 0 aromatic heterocycles. The van der Waals surface area contributed by atoms with E-state index in [2.05, 4.69) is 0 Å². The van der Waals surface area contributed by atoms with Crippen molar-refractivity contribution in [1.29, 1.82) is 0 Å². The van der Waals surface area contributed by atoms with Gasteiger partial charge in [0, 0.05) is 23.1 Å². The van der Waals surface area contributed by atoms with Crippen molar-refractivity contribution in [3.05, 3.63) is 33.3 Å². The molecule has 1 atom stereocenters. The van der Waals surface area contributed by atoms with Crippen LogP contribution in [0.2, 0.25) is 10.0 Å². The minimum Gasteiger partial charge on any atom is -0.337 e. The van der Waals surface area contributed by atoms with Gasteiger partial charge in [-0.15, -0.1) is 12.4 Å². The Morgan fingerprint density at radius 2 is 2.11 bits per heavy atom. The summed E-state index contributed by atoms with van der Waals surface area (Å²) in [6.45, 7) is 2.89. The van der Waals surface area contributed by atoms with E-state index in [0.29, 0.717) is 23.1 Å². The van der Waals surface area contributed by atoms with E-state index in [4.69, 9.17) is 28.9 Å². The van der Waals surface area contributed by atoms with Crippen LogP contribution in [0.1, 0.15) is 18.1 Å². The van der Waals surface area contributed by atoms with Gasteiger partial charge in [-0.1, -0.05) is 23.2 Å². The topological polar surface area (TPSA) is 46.3 Å². The third-order valence-electron chi connectivity index (χ3n) is 2.95. The standard InChI is InChI=1S/C12H14Cl2N2O.ClH/c1-7(15)12(17)16-3-2-8-4-9(13)5-11(14)10(8)6-16;/h4-5,7H,2-3,6,15H2,1H3;1H/t7-;/m0./s1. The number of carbonyl (C=O) groups excluding carboxylic acids is 1. The van der Waals surface area contributed by atoms with Crippen LogP contribution in [0.4, 0.5) is 0 Å². The van der Waals surface area contributed by atoms with Gasteiger partial charge < -0.3 is 10.6 Å². The lowest BCUT2D eigenvalue weighted by Gasteiger charge is -2.30. The summed E-state index contributed by atoms with van der Waals surface area (Å²) in [5.74, 6) is -0.0401. The lowest BCUT2D eigenvalue weighted by Crippen LogP contribution is -2.44. The van der Waals surface area contributed by atoms with Crippen LogP contribution >= 0.6 is 35.6 Å². The zero-order valence-corrected chi connectivity index (χ0v) is 12.3. The van der Waals surface area contributed by atoms with Crippen LogP contribution in [0.25, 0.3) is 0 Å². The Hall–Kier alpha value is -0.480. The minimum absolute atomic E-state index is 0. The largest absolute Gasteiger partial charge is 0.337 e. The van der Waals surface area contributed by atoms with Crippen molar-refractivity contribution in [3.8, 4) is 0 Å². The Balaban J connectivity index is 0.00000162. The van der Waals surface area contributed by atoms with Crippen molar-refractivity contribution in [3.63, 3.8) is 0 Å². The molecule has 0 unspecified atom stereocenters. The van der Waals surface area contributed by atoms with E-state index < -0.39 is 6.04 Å². The third kappa shape index (κ3) is 3.09. The van der Waals surface area contributed by atoms with Gasteiger partial charge in [0.2, 0.25) is 5.91 Å². The van der Waals surface area contributed by atoms with Crippen molar-refractivity contribution in [2.75, 3.05) is 6.54 Å². The molecule has 2 rings (SSSR count). The first-order chi connectivity index (χ1) is 7.99. The maximum absolute atomic E-state index is 11.8. The normalized spacial score (nSPS) is 15.7. The van der Waals surface area contributed by atoms with E-state index in [1.165, 1.54) is 0 Å². The molecule has 100 valence electrons. The number of amides is 1. The fourth-order valence-electron chi connectivity index (χ4n) is 2.06. The molecule has 1 aromatic rings. The summed E-state index contributed by atoms with van der Waals surface area (Å²) in [6, 6.07) is 3.15. The summed E-state index contributed by atoms with van der Waals surface area (Å²) in [6.07, 6.45) is 0.772. The second-order valence-electron chi connectivity index (χ2n) is 4.32. The summed E-state index contributed by atoms with van der Waals surface area (Å²) in [7, 11) is 0. The van der Waals surface area contributed by atoms with Gasteiger partial charge in [-0.25, -0.2) is 0 Å². The zero-order valence-electron chi connectivity index (χ0n) is 9.95. The number of rotatable bonds is 1. The first-order valence-electron chi connectivity index (χ1n) is 5.50. The van der Waals surface area contributed by atoms with Crippen molar-refractivity contribution < 1.29 is 4.79 Å². The van der Waals surface area contributed by atoms with Gasteiger partial charge in [0.05, 0.1) is 6.04 Å². The monoisotopic (exact) mass is 308 g/mol. The number of nitrogens with two attached hydrogens (primary N) is 1. The second kappa shape index (κ2) is 6.11. The molecule has 0 saturated heterocycles. The fourth-order valence-corrected chi connectivity index (χ4v) is 2.65. The van der Waals surface area contributed by atoms with E-state index in [1.807, 2.05) is 6.07 Å². The molecule has 6 heteroatoms. The van der Waals surface area contributed by atoms with Crippen molar-refractivity contribution in [2.24, 2.45) is 5.73 Å². The number of fused-ring (bicyclic) bond motifs is 1. The molecule has 2 N–H and O–H groups in total. The highest BCUT2D eigenvalue weighted by Crippen LogP contribution is 2.30. The number of halogens is 3. The molecule has 3 nitrogen and oxygen atoms in total. The molecule has 0 radical (unpaired) electrons. The summed E-state index contributed by atoms with van der Waals surface area (Å²) < 4.78 is 0. The molecule has 0 spiro atoms. The molecule has 1 aromatic carbocycles. The van der Waals surface area contributed by atoms with Gasteiger partial charge in [-0.2, -0.15) is 0 Å². The molecule has 0 fully saturated rings. The van der Waals surface area contributed by atoms with Crippen molar-refractivity contribution in [2.45, 2.75) is 25.9 Å². The summed E-state index contributed by atoms with van der Waals surface area (Å²) in [5.41, 5.74) is 7.71. The molecule has 0 saturated carbocycles. The highest BCUT2D eigenvalue weighted by atomic mass is 35.5. The van der Waals surface area contributed by atoms with Crippen LogP contribution in [0.15, 0.2) is 12.1 Å². The average molecular weight is 310 g/mol. The lowest BCUT2D eigenvalue weighted by atomic mass is 9.99. The van der Waals surface area contributed by atoms with Gasteiger partial charge in [-0.05, 0) is 36.6 Å². The van der Waals surface area contributed by atoms with Crippen LogP contribution in [-0.2, 0) is 17.8 Å². The molecule has 0 bridgehead atoms. The number of carbonyl (C=O) groups is 1. The van der Waals surface area contributed by atoms with E-state index in [9.17, 15) is 4.79 Å². The number of benzene rings is 1. The Labute approximate surface area is 123 Å². The lowest BCUT2D eigenvalue weighted by molar-refractivity contribution is -0.133. The van der Waals surface area contributed by atoms with E-state index in [-0.39, 0.29) is 18.3 Å². The van der Waals surface area contributed by atoms with Gasteiger partial charge in [0.25, 0.3) is 0 Å². The molecule has 1 aliphatic heterocycles. The Bertz CT molecular complexity index is 463. The number of hydrogen-bond acceptors (Lipinski definition) is 2. The molecular formula is C12H15Cl3N2O. The predicted octanol–water partition coefficient (Wildman–Crippen LogP) is 2.65. The highest BCUT2D eigenvalue weighted by Gasteiger charge is 2.24. The molecule has 1 amide bonds. The number of nitrogens with zero attached hydrogens (tertiary/aromatic N) is 1. The zero-order chi connectivity index (χ0) is 12.6. The summed E-state index contributed by atoms with van der Waals surface area (Å²) in [5, 5.41) is 1.26. The first-order valence-corrected chi connectivity index (χ1v) is 6.26. The third-order valence-corrected chi connectivity index (χ3v) is 3.51. The maximum Gasteiger partial charge on any atom is 0.239 e. The van der Waals surface area contributed by atoms with Gasteiger partial charge in [0.1, 0.15) is 0 Å². The smallest absolute Gasteiger partial charge is 0.239 e. The molecule has 0 aliphatic carbocycles. The maximum atomic E-state index is 11.8. The van der Waals surface area contributed by atoms with Crippen LogP contribution in [0, 0.1) is 0 Å². The average Bonchev–Trinajstić information content (AvgIpc) is 2.27. The fraction of sp³-hybridized carbons (Fsp3) is 0.417. The molecular weight excluding hydrogens is 295 g/mol. The Morgan fingerprint density at radius 1 is 1.44 bits per heavy atom. The van der Waals surface area contributed by atoms with Gasteiger partial charge in [0.15, 0.2) is 0 Å². The van der Waals surface area contributed by atoms with Crippen molar-refractivity contribution in [1.82, 2.24) is 4.90 Å². The molecule has 18 heavy (non-hydrogen) atoms. The summed E-state index contributed by atoms with van der Waals surface area (Å²) >= 11 is 12.1. The van der Waals surface area contributed by atoms with Crippen LogP contribution in [0.3, 0.4) is 0 Å².